The van der Waals surface area contributed by atoms with Crippen LogP contribution in [0.15, 0.2) is 30.3 Å². The summed E-state index contributed by atoms with van der Waals surface area (Å²) in [6.07, 6.45) is 6.37. The molecule has 1 unspecified atom stereocenters. The van der Waals surface area contributed by atoms with Crippen LogP contribution in [0.3, 0.4) is 0 Å². The Morgan fingerprint density at radius 1 is 1.24 bits per heavy atom. The topological polar surface area (TPSA) is 29.3 Å². The van der Waals surface area contributed by atoms with Crippen LogP contribution in [0.1, 0.15) is 31.2 Å². The van der Waals surface area contributed by atoms with Gasteiger partial charge in [0.1, 0.15) is 0 Å². The Bertz CT molecular complexity index is 310. The Hall–Kier alpha value is -0.860. The van der Waals surface area contributed by atoms with E-state index in [1.807, 2.05) is 0 Å². The highest BCUT2D eigenvalue weighted by molar-refractivity contribution is 5.14. The maximum absolute atomic E-state index is 5.60. The molecule has 1 aromatic carbocycles. The molecular formula is C15H24N2. The van der Waals surface area contributed by atoms with Crippen molar-refractivity contribution < 1.29 is 0 Å². The molecule has 17 heavy (non-hydrogen) atoms. The Kier molecular flexibility index (Phi) is 5.02. The molecule has 94 valence electrons. The largest absolute Gasteiger partial charge is 0.330 e. The minimum atomic E-state index is 0.794. The van der Waals surface area contributed by atoms with E-state index in [1.165, 1.54) is 50.8 Å². The van der Waals surface area contributed by atoms with E-state index in [0.29, 0.717) is 0 Å². The van der Waals surface area contributed by atoms with Crippen LogP contribution in [0.25, 0.3) is 0 Å². The average Bonchev–Trinajstić information content (AvgIpc) is 2.82. The second kappa shape index (κ2) is 6.77. The highest BCUT2D eigenvalue weighted by Gasteiger charge is 2.22. The monoisotopic (exact) mass is 232 g/mol. The summed E-state index contributed by atoms with van der Waals surface area (Å²) in [6, 6.07) is 11.6. The minimum absolute atomic E-state index is 0.794. The first-order chi connectivity index (χ1) is 8.40. The van der Waals surface area contributed by atoms with E-state index in [4.69, 9.17) is 5.73 Å². The fourth-order valence-electron chi connectivity index (χ4n) is 2.79. The third kappa shape index (κ3) is 3.83. The first kappa shape index (κ1) is 12.6. The lowest BCUT2D eigenvalue weighted by atomic mass is 10.1. The summed E-state index contributed by atoms with van der Waals surface area (Å²) in [5, 5.41) is 0. The van der Waals surface area contributed by atoms with Gasteiger partial charge in [0, 0.05) is 12.6 Å². The molecular weight excluding hydrogens is 208 g/mol. The van der Waals surface area contributed by atoms with Crippen LogP contribution < -0.4 is 5.73 Å². The molecule has 1 aromatic rings. The molecule has 1 heterocycles. The van der Waals surface area contributed by atoms with Gasteiger partial charge in [0.25, 0.3) is 0 Å². The SMILES string of the molecule is NCCCC1CCCN1CCc1ccccc1. The number of hydrogen-bond acceptors (Lipinski definition) is 2. The third-order valence-corrected chi connectivity index (χ3v) is 3.77. The van der Waals surface area contributed by atoms with Crippen LogP contribution in [0, 0.1) is 0 Å². The van der Waals surface area contributed by atoms with Crippen molar-refractivity contribution in [1.29, 1.82) is 0 Å². The molecule has 2 N–H and O–H groups in total. The molecule has 0 aliphatic carbocycles. The van der Waals surface area contributed by atoms with Gasteiger partial charge >= 0.3 is 0 Å². The van der Waals surface area contributed by atoms with Crippen molar-refractivity contribution in [3.63, 3.8) is 0 Å². The maximum Gasteiger partial charge on any atom is 0.00963 e. The van der Waals surface area contributed by atoms with Crippen LogP contribution in [0.5, 0.6) is 0 Å². The van der Waals surface area contributed by atoms with Gasteiger partial charge in [0.2, 0.25) is 0 Å². The summed E-state index contributed by atoms with van der Waals surface area (Å²) in [5.41, 5.74) is 7.05. The molecule has 0 bridgehead atoms. The Morgan fingerprint density at radius 3 is 2.82 bits per heavy atom. The zero-order chi connectivity index (χ0) is 11.9. The third-order valence-electron chi connectivity index (χ3n) is 3.77. The first-order valence-electron chi connectivity index (χ1n) is 6.88. The Balaban J connectivity index is 1.78. The van der Waals surface area contributed by atoms with Crippen molar-refractivity contribution in [2.75, 3.05) is 19.6 Å². The Labute approximate surface area is 105 Å². The number of hydrogen-bond donors (Lipinski definition) is 1. The summed E-state index contributed by atoms with van der Waals surface area (Å²) in [7, 11) is 0. The van der Waals surface area contributed by atoms with E-state index < -0.39 is 0 Å². The number of rotatable bonds is 6. The minimum Gasteiger partial charge on any atom is -0.330 e. The second-order valence-corrected chi connectivity index (χ2v) is 5.00. The lowest BCUT2D eigenvalue weighted by molar-refractivity contribution is 0.243. The van der Waals surface area contributed by atoms with Crippen molar-refractivity contribution >= 4 is 0 Å². The molecule has 0 amide bonds. The predicted molar refractivity (Wildman–Crippen MR) is 73.0 cm³/mol. The van der Waals surface area contributed by atoms with Crippen molar-refractivity contribution in [2.45, 2.75) is 38.1 Å². The van der Waals surface area contributed by atoms with Crippen LogP contribution in [0.4, 0.5) is 0 Å². The van der Waals surface area contributed by atoms with Crippen LogP contribution in [-0.2, 0) is 6.42 Å². The molecule has 1 saturated heterocycles. The van der Waals surface area contributed by atoms with Crippen molar-refractivity contribution in [3.05, 3.63) is 35.9 Å². The van der Waals surface area contributed by atoms with Gasteiger partial charge in [-0.15, -0.1) is 0 Å². The number of nitrogens with two attached hydrogens (primary N) is 1. The molecule has 1 aliphatic rings. The zero-order valence-electron chi connectivity index (χ0n) is 10.6. The van der Waals surface area contributed by atoms with Gasteiger partial charge in [-0.1, -0.05) is 30.3 Å². The molecule has 2 rings (SSSR count). The summed E-state index contributed by atoms with van der Waals surface area (Å²) in [6.45, 7) is 3.32. The molecule has 1 fully saturated rings. The quantitative estimate of drug-likeness (QED) is 0.816. The molecule has 2 heteroatoms. The molecule has 0 spiro atoms. The average molecular weight is 232 g/mol. The molecule has 0 radical (unpaired) electrons. The maximum atomic E-state index is 5.60. The van der Waals surface area contributed by atoms with Crippen LogP contribution in [-0.4, -0.2) is 30.6 Å². The van der Waals surface area contributed by atoms with E-state index in [1.54, 1.807) is 0 Å². The lowest BCUT2D eigenvalue weighted by Gasteiger charge is -2.24. The molecule has 2 nitrogen and oxygen atoms in total. The number of nitrogens with zero attached hydrogens (tertiary/aromatic N) is 1. The van der Waals surface area contributed by atoms with E-state index in [0.717, 1.165) is 12.6 Å². The molecule has 1 atom stereocenters. The smallest absolute Gasteiger partial charge is 0.00963 e. The molecule has 0 saturated carbocycles. The van der Waals surface area contributed by atoms with Crippen LogP contribution in [0.2, 0.25) is 0 Å². The van der Waals surface area contributed by atoms with Gasteiger partial charge in [-0.05, 0) is 50.8 Å². The van der Waals surface area contributed by atoms with Gasteiger partial charge in [0.15, 0.2) is 0 Å². The summed E-state index contributed by atoms with van der Waals surface area (Å²) in [4.78, 5) is 2.66. The van der Waals surface area contributed by atoms with E-state index in [2.05, 4.69) is 35.2 Å². The van der Waals surface area contributed by atoms with Gasteiger partial charge in [-0.3, -0.25) is 0 Å². The summed E-state index contributed by atoms with van der Waals surface area (Å²) < 4.78 is 0. The second-order valence-electron chi connectivity index (χ2n) is 5.00. The van der Waals surface area contributed by atoms with Crippen molar-refractivity contribution in [3.8, 4) is 0 Å². The highest BCUT2D eigenvalue weighted by atomic mass is 15.2. The van der Waals surface area contributed by atoms with E-state index in [-0.39, 0.29) is 0 Å². The Morgan fingerprint density at radius 2 is 2.06 bits per heavy atom. The van der Waals surface area contributed by atoms with Gasteiger partial charge in [-0.2, -0.15) is 0 Å². The predicted octanol–water partition coefficient (Wildman–Crippen LogP) is 2.43. The highest BCUT2D eigenvalue weighted by Crippen LogP contribution is 2.21. The molecule has 0 aromatic heterocycles. The zero-order valence-corrected chi connectivity index (χ0v) is 10.6. The van der Waals surface area contributed by atoms with Gasteiger partial charge in [0.05, 0.1) is 0 Å². The van der Waals surface area contributed by atoms with Crippen molar-refractivity contribution in [1.82, 2.24) is 4.90 Å². The van der Waals surface area contributed by atoms with Crippen LogP contribution >= 0.6 is 0 Å². The molecule has 1 aliphatic heterocycles. The van der Waals surface area contributed by atoms with Gasteiger partial charge < -0.3 is 10.6 Å². The number of likely N-dealkylation sites (tertiary alicyclic amines) is 1. The standard InChI is InChI=1S/C15H24N2/c16-11-4-8-15-9-5-12-17(15)13-10-14-6-2-1-3-7-14/h1-3,6-7,15H,4-5,8-13,16H2. The fourth-order valence-corrected chi connectivity index (χ4v) is 2.79. The normalized spacial score (nSPS) is 20.9. The van der Waals surface area contributed by atoms with Gasteiger partial charge in [-0.25, -0.2) is 0 Å². The van der Waals surface area contributed by atoms with Crippen molar-refractivity contribution in [2.24, 2.45) is 5.73 Å². The lowest BCUT2D eigenvalue weighted by Crippen LogP contribution is -2.31. The fraction of sp³-hybridized carbons (Fsp3) is 0.600. The summed E-state index contributed by atoms with van der Waals surface area (Å²) in [5.74, 6) is 0. The van der Waals surface area contributed by atoms with E-state index >= 15 is 0 Å². The van der Waals surface area contributed by atoms with E-state index in [9.17, 15) is 0 Å². The summed E-state index contributed by atoms with van der Waals surface area (Å²) >= 11 is 0. The first-order valence-corrected chi connectivity index (χ1v) is 6.88. The number of benzene rings is 1.